The number of nitrogens with zero attached hydrogens (tertiary/aromatic N) is 2. The second-order valence-electron chi connectivity index (χ2n) is 5.37. The maximum absolute atomic E-state index is 13.4. The van der Waals surface area contributed by atoms with E-state index in [1.54, 1.807) is 13.0 Å². The number of halogens is 1. The molecule has 112 valence electrons. The van der Waals surface area contributed by atoms with E-state index in [4.69, 9.17) is 0 Å². The van der Waals surface area contributed by atoms with Crippen LogP contribution in [-0.2, 0) is 0 Å². The van der Waals surface area contributed by atoms with Crippen molar-refractivity contribution in [3.05, 3.63) is 64.9 Å². The molecule has 5 heteroatoms. The van der Waals surface area contributed by atoms with Crippen molar-refractivity contribution in [2.75, 3.05) is 5.32 Å². The number of hydrogen-bond donors (Lipinski definition) is 1. The van der Waals surface area contributed by atoms with Crippen LogP contribution in [0.4, 0.5) is 10.1 Å². The number of pyridine rings is 1. The maximum Gasteiger partial charge on any atom is 0.274 e. The Bertz CT molecular complexity index is 883. The minimum absolute atomic E-state index is 0.307. The van der Waals surface area contributed by atoms with Crippen molar-refractivity contribution in [1.82, 2.24) is 9.38 Å². The predicted octanol–water partition coefficient (Wildman–Crippen LogP) is 3.65. The lowest BCUT2D eigenvalue weighted by atomic mass is 10.1. The first-order valence-corrected chi connectivity index (χ1v) is 6.98. The van der Waals surface area contributed by atoms with Gasteiger partial charge >= 0.3 is 0 Å². The highest BCUT2D eigenvalue weighted by atomic mass is 19.1. The highest BCUT2D eigenvalue weighted by molar-refractivity contribution is 6.04. The first-order valence-electron chi connectivity index (χ1n) is 6.98. The predicted molar refractivity (Wildman–Crippen MR) is 83.8 cm³/mol. The normalized spacial score (nSPS) is 10.9. The van der Waals surface area contributed by atoms with Gasteiger partial charge in [0.05, 0.1) is 5.69 Å². The Labute approximate surface area is 127 Å². The average Bonchev–Trinajstić information content (AvgIpc) is 2.78. The minimum Gasteiger partial charge on any atom is -0.321 e. The molecule has 1 amide bonds. The molecule has 3 aromatic rings. The van der Waals surface area contributed by atoms with E-state index in [-0.39, 0.29) is 5.91 Å². The third-order valence-corrected chi connectivity index (χ3v) is 3.74. The number of aromatic nitrogens is 2. The summed E-state index contributed by atoms with van der Waals surface area (Å²) in [6.07, 6.45) is 1.27. The molecule has 0 radical (unpaired) electrons. The van der Waals surface area contributed by atoms with Gasteiger partial charge in [0, 0.05) is 11.9 Å². The second-order valence-corrected chi connectivity index (χ2v) is 5.37. The Balaban J connectivity index is 2.00. The molecule has 0 unspecified atom stereocenters. The molecule has 0 aliphatic rings. The SMILES string of the molecule is Cc1ccc(NC(=O)c2c(C)nc3ccc(F)cn23)cc1C. The van der Waals surface area contributed by atoms with Crippen LogP contribution in [0.15, 0.2) is 36.5 Å². The lowest BCUT2D eigenvalue weighted by molar-refractivity contribution is 0.102. The standard InChI is InChI=1S/C17H16FN3O/c1-10-4-6-14(8-11(10)2)20-17(22)16-12(3)19-15-7-5-13(18)9-21(15)16/h4-9H,1-3H3,(H,20,22). The van der Waals surface area contributed by atoms with Crippen LogP contribution in [-0.4, -0.2) is 15.3 Å². The number of carbonyl (C=O) groups excluding carboxylic acids is 1. The third-order valence-electron chi connectivity index (χ3n) is 3.74. The van der Waals surface area contributed by atoms with Crippen molar-refractivity contribution >= 4 is 17.2 Å². The summed E-state index contributed by atoms with van der Waals surface area (Å²) < 4.78 is 14.9. The van der Waals surface area contributed by atoms with E-state index in [1.807, 2.05) is 32.0 Å². The van der Waals surface area contributed by atoms with Gasteiger partial charge in [0.15, 0.2) is 0 Å². The fourth-order valence-electron chi connectivity index (χ4n) is 2.42. The summed E-state index contributed by atoms with van der Waals surface area (Å²) in [5, 5.41) is 2.84. The van der Waals surface area contributed by atoms with Gasteiger partial charge in [0.25, 0.3) is 5.91 Å². The summed E-state index contributed by atoms with van der Waals surface area (Å²) in [7, 11) is 0. The summed E-state index contributed by atoms with van der Waals surface area (Å²) >= 11 is 0. The molecule has 3 rings (SSSR count). The molecule has 1 N–H and O–H groups in total. The highest BCUT2D eigenvalue weighted by Gasteiger charge is 2.17. The zero-order valence-electron chi connectivity index (χ0n) is 12.6. The molecule has 0 bridgehead atoms. The molecule has 22 heavy (non-hydrogen) atoms. The molecule has 0 aliphatic carbocycles. The van der Waals surface area contributed by atoms with Crippen LogP contribution in [0.25, 0.3) is 5.65 Å². The fourth-order valence-corrected chi connectivity index (χ4v) is 2.42. The molecule has 2 heterocycles. The topological polar surface area (TPSA) is 46.4 Å². The molecule has 0 spiro atoms. The molecule has 2 aromatic heterocycles. The molecule has 1 aromatic carbocycles. The first kappa shape index (κ1) is 14.3. The molecule has 0 saturated heterocycles. The van der Waals surface area contributed by atoms with Crippen molar-refractivity contribution in [2.45, 2.75) is 20.8 Å². The Hall–Kier alpha value is -2.69. The number of carbonyl (C=O) groups is 1. The quantitative estimate of drug-likeness (QED) is 0.784. The van der Waals surface area contributed by atoms with Crippen molar-refractivity contribution in [1.29, 1.82) is 0 Å². The van der Waals surface area contributed by atoms with Gasteiger partial charge in [-0.2, -0.15) is 0 Å². The molecule has 0 fully saturated rings. The van der Waals surface area contributed by atoms with Gasteiger partial charge in [-0.05, 0) is 56.2 Å². The molecule has 4 nitrogen and oxygen atoms in total. The van der Waals surface area contributed by atoms with Crippen LogP contribution in [0.3, 0.4) is 0 Å². The summed E-state index contributed by atoms with van der Waals surface area (Å²) in [5.74, 6) is -0.719. The van der Waals surface area contributed by atoms with Crippen LogP contribution in [0.1, 0.15) is 27.3 Å². The monoisotopic (exact) mass is 297 g/mol. The van der Waals surface area contributed by atoms with E-state index in [9.17, 15) is 9.18 Å². The van der Waals surface area contributed by atoms with E-state index in [0.29, 0.717) is 22.7 Å². The van der Waals surface area contributed by atoms with Gasteiger partial charge in [-0.15, -0.1) is 0 Å². The molecule has 0 atom stereocenters. The number of rotatable bonds is 2. The van der Waals surface area contributed by atoms with Gasteiger partial charge in [-0.25, -0.2) is 9.37 Å². The molecule has 0 saturated carbocycles. The number of imidazole rings is 1. The number of benzene rings is 1. The van der Waals surface area contributed by atoms with Crippen LogP contribution in [0.2, 0.25) is 0 Å². The zero-order valence-corrected chi connectivity index (χ0v) is 12.6. The first-order chi connectivity index (χ1) is 10.5. The molecule has 0 aliphatic heterocycles. The minimum atomic E-state index is -0.412. The number of nitrogens with one attached hydrogen (secondary N) is 1. The zero-order chi connectivity index (χ0) is 15.9. The van der Waals surface area contributed by atoms with Crippen molar-refractivity contribution < 1.29 is 9.18 Å². The second kappa shape index (κ2) is 5.26. The van der Waals surface area contributed by atoms with E-state index in [0.717, 1.165) is 11.1 Å². The van der Waals surface area contributed by atoms with Gasteiger partial charge in [-0.3, -0.25) is 9.20 Å². The van der Waals surface area contributed by atoms with Crippen LogP contribution in [0, 0.1) is 26.6 Å². The Kier molecular flexibility index (Phi) is 3.41. The molecular weight excluding hydrogens is 281 g/mol. The smallest absolute Gasteiger partial charge is 0.274 e. The van der Waals surface area contributed by atoms with Crippen molar-refractivity contribution in [3.63, 3.8) is 0 Å². The number of anilines is 1. The summed E-state index contributed by atoms with van der Waals surface area (Å²) in [6.45, 7) is 5.73. The maximum atomic E-state index is 13.4. The largest absolute Gasteiger partial charge is 0.321 e. The van der Waals surface area contributed by atoms with Crippen molar-refractivity contribution in [3.8, 4) is 0 Å². The average molecular weight is 297 g/mol. The Morgan fingerprint density at radius 3 is 2.64 bits per heavy atom. The third kappa shape index (κ3) is 2.45. The van der Waals surface area contributed by atoms with Crippen LogP contribution in [0.5, 0.6) is 0 Å². The Morgan fingerprint density at radius 1 is 1.14 bits per heavy atom. The lowest BCUT2D eigenvalue weighted by Crippen LogP contribution is -2.15. The molecular formula is C17H16FN3O. The van der Waals surface area contributed by atoms with E-state index >= 15 is 0 Å². The summed E-state index contributed by atoms with van der Waals surface area (Å²) in [5.41, 5.74) is 4.41. The van der Waals surface area contributed by atoms with E-state index < -0.39 is 5.82 Å². The number of amides is 1. The number of aryl methyl sites for hydroxylation is 3. The van der Waals surface area contributed by atoms with Gasteiger partial charge in [0.2, 0.25) is 0 Å². The van der Waals surface area contributed by atoms with Gasteiger partial charge in [0.1, 0.15) is 17.2 Å². The summed E-state index contributed by atoms with van der Waals surface area (Å²) in [6, 6.07) is 8.58. The lowest BCUT2D eigenvalue weighted by Gasteiger charge is -2.08. The van der Waals surface area contributed by atoms with E-state index in [1.165, 1.54) is 16.7 Å². The van der Waals surface area contributed by atoms with Crippen LogP contribution >= 0.6 is 0 Å². The highest BCUT2D eigenvalue weighted by Crippen LogP contribution is 2.18. The summed E-state index contributed by atoms with van der Waals surface area (Å²) in [4.78, 5) is 16.8. The number of hydrogen-bond acceptors (Lipinski definition) is 2. The van der Waals surface area contributed by atoms with Gasteiger partial charge < -0.3 is 5.32 Å². The van der Waals surface area contributed by atoms with E-state index in [2.05, 4.69) is 10.3 Å². The van der Waals surface area contributed by atoms with Crippen molar-refractivity contribution in [2.24, 2.45) is 0 Å². The van der Waals surface area contributed by atoms with Crippen LogP contribution < -0.4 is 5.32 Å². The van der Waals surface area contributed by atoms with Gasteiger partial charge in [-0.1, -0.05) is 6.07 Å². The fraction of sp³-hybridized carbons (Fsp3) is 0.176. The number of fused-ring (bicyclic) bond motifs is 1. The Morgan fingerprint density at radius 2 is 1.91 bits per heavy atom.